The highest BCUT2D eigenvalue weighted by molar-refractivity contribution is 6.03. The number of hydrogen-bond acceptors (Lipinski definition) is 4. The van der Waals surface area contributed by atoms with Crippen LogP contribution in [0.5, 0.6) is 0 Å². The molecule has 0 bridgehead atoms. The van der Waals surface area contributed by atoms with E-state index in [0.717, 1.165) is 30.4 Å². The van der Waals surface area contributed by atoms with Crippen LogP contribution in [-0.4, -0.2) is 35.6 Å². The second-order valence-electron chi connectivity index (χ2n) is 6.20. The second-order valence-corrected chi connectivity index (χ2v) is 6.20. The van der Waals surface area contributed by atoms with Gasteiger partial charge in [0.15, 0.2) is 0 Å². The van der Waals surface area contributed by atoms with Crippen molar-refractivity contribution in [3.63, 3.8) is 0 Å². The van der Waals surface area contributed by atoms with E-state index in [0.29, 0.717) is 12.1 Å². The highest BCUT2D eigenvalue weighted by Gasteiger charge is 2.17. The molecule has 1 saturated heterocycles. The zero-order chi connectivity index (χ0) is 18.5. The maximum absolute atomic E-state index is 12.3. The van der Waals surface area contributed by atoms with E-state index in [4.69, 9.17) is 15.7 Å². The van der Waals surface area contributed by atoms with Gasteiger partial charge in [0.2, 0.25) is 5.91 Å². The van der Waals surface area contributed by atoms with E-state index in [1.165, 1.54) is 6.08 Å². The van der Waals surface area contributed by atoms with Gasteiger partial charge in [0, 0.05) is 35.8 Å². The van der Waals surface area contributed by atoms with E-state index >= 15 is 0 Å². The first kappa shape index (κ1) is 17.7. The Morgan fingerprint density at radius 2 is 2.23 bits per heavy atom. The fourth-order valence-corrected chi connectivity index (χ4v) is 3.08. The molecular weight excluding hydrogens is 332 g/mol. The molecule has 7 nitrogen and oxygen atoms in total. The van der Waals surface area contributed by atoms with Crippen molar-refractivity contribution in [3.8, 4) is 6.07 Å². The molecular formula is C19H20N4O3. The van der Waals surface area contributed by atoms with Gasteiger partial charge in [-0.1, -0.05) is 18.2 Å². The van der Waals surface area contributed by atoms with E-state index in [1.54, 1.807) is 16.8 Å². The van der Waals surface area contributed by atoms with Gasteiger partial charge in [-0.05, 0) is 25.0 Å². The number of carbonyl (C=O) groups is 2. The van der Waals surface area contributed by atoms with Crippen LogP contribution in [0, 0.1) is 11.3 Å². The monoisotopic (exact) mass is 352 g/mol. The summed E-state index contributed by atoms with van der Waals surface area (Å²) >= 11 is 0. The topological polar surface area (TPSA) is 110 Å². The van der Waals surface area contributed by atoms with Gasteiger partial charge in [-0.25, -0.2) is 0 Å². The number of nitrogens with one attached hydrogen (secondary N) is 1. The summed E-state index contributed by atoms with van der Waals surface area (Å²) in [7, 11) is 0. The van der Waals surface area contributed by atoms with E-state index in [-0.39, 0.29) is 24.1 Å². The Bertz CT molecular complexity index is 901. The summed E-state index contributed by atoms with van der Waals surface area (Å²) in [5.41, 5.74) is 6.59. The van der Waals surface area contributed by atoms with Crippen LogP contribution in [0.25, 0.3) is 17.0 Å². The molecule has 7 heteroatoms. The van der Waals surface area contributed by atoms with Crippen LogP contribution in [0.2, 0.25) is 0 Å². The summed E-state index contributed by atoms with van der Waals surface area (Å²) in [5.74, 6) is -0.897. The number of amides is 2. The molecule has 2 heterocycles. The van der Waals surface area contributed by atoms with Crippen LogP contribution < -0.4 is 11.1 Å². The van der Waals surface area contributed by atoms with E-state index in [1.807, 2.05) is 24.3 Å². The Kier molecular flexibility index (Phi) is 5.34. The lowest BCUT2D eigenvalue weighted by Gasteiger charge is -2.11. The summed E-state index contributed by atoms with van der Waals surface area (Å²) in [6.07, 6.45) is 5.28. The van der Waals surface area contributed by atoms with Crippen LogP contribution in [0.4, 0.5) is 0 Å². The third-order valence-electron chi connectivity index (χ3n) is 4.37. The SMILES string of the molecule is N#C/C(=C\c1cn(CC(=O)NC[C@@H]2CCCO2)c2ccccc12)C(N)=O. The van der Waals surface area contributed by atoms with Gasteiger partial charge < -0.3 is 20.4 Å². The molecule has 1 aliphatic heterocycles. The molecule has 0 spiro atoms. The minimum atomic E-state index is -0.779. The minimum Gasteiger partial charge on any atom is -0.376 e. The predicted molar refractivity (Wildman–Crippen MR) is 96.7 cm³/mol. The molecule has 0 saturated carbocycles. The van der Waals surface area contributed by atoms with Gasteiger partial charge in [0.05, 0.1) is 6.10 Å². The van der Waals surface area contributed by atoms with Crippen molar-refractivity contribution in [1.82, 2.24) is 9.88 Å². The molecule has 0 unspecified atom stereocenters. The number of aromatic nitrogens is 1. The maximum atomic E-state index is 12.3. The van der Waals surface area contributed by atoms with Crippen LogP contribution >= 0.6 is 0 Å². The lowest BCUT2D eigenvalue weighted by atomic mass is 10.1. The lowest BCUT2D eigenvalue weighted by molar-refractivity contribution is -0.122. The molecule has 1 aromatic carbocycles. The Morgan fingerprint density at radius 3 is 2.92 bits per heavy atom. The molecule has 1 aliphatic rings. The van der Waals surface area contributed by atoms with Crippen molar-refractivity contribution >= 4 is 28.8 Å². The summed E-state index contributed by atoms with van der Waals surface area (Å²) in [5, 5.41) is 12.8. The molecule has 3 rings (SSSR count). The van der Waals surface area contributed by atoms with Gasteiger partial charge in [0.1, 0.15) is 18.2 Å². The highest BCUT2D eigenvalue weighted by Crippen LogP contribution is 2.23. The number of ether oxygens (including phenoxy) is 1. The summed E-state index contributed by atoms with van der Waals surface area (Å²) in [6.45, 7) is 1.39. The summed E-state index contributed by atoms with van der Waals surface area (Å²) in [6, 6.07) is 9.29. The average Bonchev–Trinajstić information content (AvgIpc) is 3.26. The summed E-state index contributed by atoms with van der Waals surface area (Å²) in [4.78, 5) is 23.6. The second kappa shape index (κ2) is 7.85. The minimum absolute atomic E-state index is 0.0904. The number of benzene rings is 1. The van der Waals surface area contributed by atoms with Gasteiger partial charge in [-0.3, -0.25) is 9.59 Å². The fraction of sp³-hybridized carbons (Fsp3) is 0.316. The number of para-hydroxylation sites is 1. The largest absolute Gasteiger partial charge is 0.376 e. The van der Waals surface area contributed by atoms with Crippen molar-refractivity contribution in [2.75, 3.05) is 13.2 Å². The van der Waals surface area contributed by atoms with Crippen LogP contribution in [-0.2, 0) is 20.9 Å². The standard InChI is InChI=1S/C19H20N4O3/c20-9-13(19(21)25)8-14-11-23(17-6-2-1-5-16(14)17)12-18(24)22-10-15-4-3-7-26-15/h1-2,5-6,8,11,15H,3-4,7,10,12H2,(H2,21,25)(H,22,24)/b13-8+/t15-/m0/s1. The number of rotatable bonds is 6. The molecule has 3 N–H and O–H groups in total. The van der Waals surface area contributed by atoms with Crippen molar-refractivity contribution < 1.29 is 14.3 Å². The van der Waals surface area contributed by atoms with Crippen molar-refractivity contribution in [1.29, 1.82) is 5.26 Å². The molecule has 1 aromatic heterocycles. The molecule has 2 aromatic rings. The Morgan fingerprint density at radius 1 is 1.42 bits per heavy atom. The van der Waals surface area contributed by atoms with Gasteiger partial charge >= 0.3 is 0 Å². The predicted octanol–water partition coefficient (Wildman–Crippen LogP) is 1.33. The van der Waals surface area contributed by atoms with Crippen LogP contribution in [0.1, 0.15) is 18.4 Å². The molecule has 1 fully saturated rings. The van der Waals surface area contributed by atoms with Crippen molar-refractivity contribution in [2.24, 2.45) is 5.73 Å². The quantitative estimate of drug-likeness (QED) is 0.603. The Hall–Kier alpha value is -3.11. The Labute approximate surface area is 151 Å². The van der Waals surface area contributed by atoms with Gasteiger partial charge in [-0.15, -0.1) is 0 Å². The third kappa shape index (κ3) is 3.92. The molecule has 1 atom stereocenters. The molecule has 0 aliphatic carbocycles. The van der Waals surface area contributed by atoms with E-state index in [2.05, 4.69) is 5.32 Å². The first-order valence-electron chi connectivity index (χ1n) is 8.46. The molecule has 2 amide bonds. The summed E-state index contributed by atoms with van der Waals surface area (Å²) < 4.78 is 7.30. The normalized spacial score (nSPS) is 17.2. The van der Waals surface area contributed by atoms with Crippen LogP contribution in [0.3, 0.4) is 0 Å². The number of nitriles is 1. The fourth-order valence-electron chi connectivity index (χ4n) is 3.08. The van der Waals surface area contributed by atoms with Crippen molar-refractivity contribution in [3.05, 3.63) is 41.6 Å². The van der Waals surface area contributed by atoms with Crippen LogP contribution in [0.15, 0.2) is 36.0 Å². The number of nitrogens with two attached hydrogens (primary N) is 1. The van der Waals surface area contributed by atoms with E-state index < -0.39 is 5.91 Å². The first-order chi connectivity index (χ1) is 12.6. The number of primary amides is 1. The first-order valence-corrected chi connectivity index (χ1v) is 8.46. The lowest BCUT2D eigenvalue weighted by Crippen LogP contribution is -2.34. The van der Waals surface area contributed by atoms with Crippen molar-refractivity contribution in [2.45, 2.75) is 25.5 Å². The third-order valence-corrected chi connectivity index (χ3v) is 4.37. The molecule has 0 radical (unpaired) electrons. The number of fused-ring (bicyclic) bond motifs is 1. The number of carbonyl (C=O) groups excluding carboxylic acids is 2. The molecule has 134 valence electrons. The molecule has 26 heavy (non-hydrogen) atoms. The number of nitrogens with zero attached hydrogens (tertiary/aromatic N) is 2. The number of hydrogen-bond donors (Lipinski definition) is 2. The Balaban J connectivity index is 1.81. The van der Waals surface area contributed by atoms with Gasteiger partial charge in [0.25, 0.3) is 5.91 Å². The smallest absolute Gasteiger partial charge is 0.259 e. The highest BCUT2D eigenvalue weighted by atomic mass is 16.5. The van der Waals surface area contributed by atoms with Gasteiger partial charge in [-0.2, -0.15) is 5.26 Å². The maximum Gasteiger partial charge on any atom is 0.259 e. The zero-order valence-electron chi connectivity index (χ0n) is 14.3. The zero-order valence-corrected chi connectivity index (χ0v) is 14.3. The van der Waals surface area contributed by atoms with E-state index in [9.17, 15) is 9.59 Å². The average molecular weight is 352 g/mol.